The molecule has 3 aromatic rings. The van der Waals surface area contributed by atoms with Gasteiger partial charge in [-0.25, -0.2) is 0 Å². The number of anilines is 3. The van der Waals surface area contributed by atoms with Crippen LogP contribution in [0.5, 0.6) is 11.5 Å². The molecule has 0 aliphatic carbocycles. The van der Waals surface area contributed by atoms with E-state index in [4.69, 9.17) is 4.74 Å². The van der Waals surface area contributed by atoms with E-state index in [1.165, 1.54) is 0 Å². The average molecular weight is 474 g/mol. The molecule has 3 N–H and O–H groups in total. The van der Waals surface area contributed by atoms with Crippen molar-refractivity contribution in [1.82, 2.24) is 9.97 Å². The monoisotopic (exact) mass is 473 g/mol. The van der Waals surface area contributed by atoms with Gasteiger partial charge >= 0.3 is 0 Å². The predicted molar refractivity (Wildman–Crippen MR) is 133 cm³/mol. The summed E-state index contributed by atoms with van der Waals surface area (Å²) in [5, 5.41) is 5.49. The minimum Gasteiger partial charge on any atom is -0.457 e. The van der Waals surface area contributed by atoms with E-state index in [9.17, 15) is 14.4 Å². The molecule has 180 valence electrons. The van der Waals surface area contributed by atoms with Gasteiger partial charge in [-0.05, 0) is 55.2 Å². The highest BCUT2D eigenvalue weighted by molar-refractivity contribution is 6.04. The summed E-state index contributed by atoms with van der Waals surface area (Å²) in [6, 6.07) is 16.3. The SMILES string of the molecule is C[C@@H]1CCCN(c2nc3c(c(=O)[nH]2)[C@@H](C(=O)Nc2ccc(Oc4ccccc4)cc2)CC(=O)N3)C1. The van der Waals surface area contributed by atoms with Gasteiger partial charge in [0.1, 0.15) is 17.3 Å². The molecule has 35 heavy (non-hydrogen) atoms. The number of H-pyrrole nitrogens is 1. The van der Waals surface area contributed by atoms with Crippen LogP contribution in [0.15, 0.2) is 59.4 Å². The van der Waals surface area contributed by atoms with Crippen LogP contribution in [-0.2, 0) is 9.59 Å². The number of aromatic amines is 1. The minimum absolute atomic E-state index is 0.126. The molecule has 3 heterocycles. The van der Waals surface area contributed by atoms with Crippen molar-refractivity contribution in [2.75, 3.05) is 28.6 Å². The highest BCUT2D eigenvalue weighted by Gasteiger charge is 2.35. The molecular weight excluding hydrogens is 446 g/mol. The molecule has 1 fully saturated rings. The topological polar surface area (TPSA) is 116 Å². The molecule has 0 spiro atoms. The van der Waals surface area contributed by atoms with Gasteiger partial charge in [-0.1, -0.05) is 25.1 Å². The Kier molecular flexibility index (Phi) is 6.22. The third kappa shape index (κ3) is 5.03. The zero-order valence-electron chi connectivity index (χ0n) is 19.4. The number of fused-ring (bicyclic) bond motifs is 1. The number of benzene rings is 2. The van der Waals surface area contributed by atoms with Gasteiger partial charge in [0.2, 0.25) is 17.8 Å². The van der Waals surface area contributed by atoms with Crippen LogP contribution in [0.4, 0.5) is 17.5 Å². The van der Waals surface area contributed by atoms with E-state index in [0.717, 1.165) is 25.9 Å². The smallest absolute Gasteiger partial charge is 0.258 e. The fourth-order valence-corrected chi connectivity index (χ4v) is 4.58. The first kappa shape index (κ1) is 22.6. The molecule has 9 heteroatoms. The van der Waals surface area contributed by atoms with E-state index in [0.29, 0.717) is 29.1 Å². The molecular formula is C26H27N5O4. The first-order chi connectivity index (χ1) is 17.0. The molecule has 2 amide bonds. The second-order valence-electron chi connectivity index (χ2n) is 9.08. The van der Waals surface area contributed by atoms with Gasteiger partial charge in [-0.3, -0.25) is 19.4 Å². The molecule has 9 nitrogen and oxygen atoms in total. The second-order valence-corrected chi connectivity index (χ2v) is 9.08. The van der Waals surface area contributed by atoms with Crippen LogP contribution in [0.25, 0.3) is 0 Å². The molecule has 5 rings (SSSR count). The predicted octanol–water partition coefficient (Wildman–Crippen LogP) is 3.86. The van der Waals surface area contributed by atoms with E-state index in [1.807, 2.05) is 35.2 Å². The first-order valence-corrected chi connectivity index (χ1v) is 11.8. The van der Waals surface area contributed by atoms with Gasteiger partial charge in [-0.15, -0.1) is 0 Å². The van der Waals surface area contributed by atoms with Crippen LogP contribution < -0.4 is 25.8 Å². The van der Waals surface area contributed by atoms with E-state index in [1.54, 1.807) is 24.3 Å². The van der Waals surface area contributed by atoms with Crippen molar-refractivity contribution < 1.29 is 14.3 Å². The Hall–Kier alpha value is -4.14. The summed E-state index contributed by atoms with van der Waals surface area (Å²) in [7, 11) is 0. The van der Waals surface area contributed by atoms with Gasteiger partial charge in [0, 0.05) is 25.2 Å². The summed E-state index contributed by atoms with van der Waals surface area (Å²) in [4.78, 5) is 47.9. The molecule has 1 saturated heterocycles. The van der Waals surface area contributed by atoms with Crippen LogP contribution >= 0.6 is 0 Å². The molecule has 0 saturated carbocycles. The first-order valence-electron chi connectivity index (χ1n) is 11.8. The summed E-state index contributed by atoms with van der Waals surface area (Å²) >= 11 is 0. The number of carbonyl (C=O) groups is 2. The molecule has 2 aromatic carbocycles. The largest absolute Gasteiger partial charge is 0.457 e. The number of hydrogen-bond acceptors (Lipinski definition) is 6. The number of rotatable bonds is 5. The summed E-state index contributed by atoms with van der Waals surface area (Å²) in [6.45, 7) is 3.72. The second kappa shape index (κ2) is 9.61. The van der Waals surface area contributed by atoms with Crippen molar-refractivity contribution >= 4 is 29.3 Å². The summed E-state index contributed by atoms with van der Waals surface area (Å²) in [5.41, 5.74) is 0.307. The van der Waals surface area contributed by atoms with Crippen molar-refractivity contribution in [2.24, 2.45) is 5.92 Å². The molecule has 2 aliphatic heterocycles. The lowest BCUT2D eigenvalue weighted by Gasteiger charge is -2.32. The summed E-state index contributed by atoms with van der Waals surface area (Å²) in [6.07, 6.45) is 2.01. The van der Waals surface area contributed by atoms with Gasteiger partial charge in [0.05, 0.1) is 11.5 Å². The molecule has 0 unspecified atom stereocenters. The van der Waals surface area contributed by atoms with Gasteiger partial charge in [0.15, 0.2) is 0 Å². The van der Waals surface area contributed by atoms with Crippen molar-refractivity contribution in [3.05, 3.63) is 70.5 Å². The number of nitrogens with zero attached hydrogens (tertiary/aromatic N) is 2. The van der Waals surface area contributed by atoms with E-state index < -0.39 is 17.4 Å². The van der Waals surface area contributed by atoms with Crippen LogP contribution in [0.1, 0.15) is 37.7 Å². The zero-order valence-corrected chi connectivity index (χ0v) is 19.4. The molecule has 0 radical (unpaired) electrons. The Morgan fingerprint density at radius 1 is 1.09 bits per heavy atom. The normalized spacial score (nSPS) is 19.5. The van der Waals surface area contributed by atoms with E-state index >= 15 is 0 Å². The quantitative estimate of drug-likeness (QED) is 0.518. The van der Waals surface area contributed by atoms with Crippen LogP contribution in [-0.4, -0.2) is 34.9 Å². The molecule has 0 bridgehead atoms. The van der Waals surface area contributed by atoms with Crippen LogP contribution in [0.3, 0.4) is 0 Å². The lowest BCUT2D eigenvalue weighted by Crippen LogP contribution is -2.40. The van der Waals surface area contributed by atoms with Crippen LogP contribution in [0, 0.1) is 5.92 Å². The standard InChI is InChI=1S/C26H27N5O4/c1-16-6-5-13-31(15-16)26-29-23-22(25(34)30-26)20(14-21(32)28-23)24(33)27-17-9-11-19(12-10-17)35-18-7-3-2-4-8-18/h2-4,7-12,16,20H,5-6,13-15H2,1H3,(H,27,33)(H2,28,29,30,32,34)/t16-,20+/m1/s1. The number of nitrogens with one attached hydrogen (secondary N) is 3. The van der Waals surface area contributed by atoms with Crippen LogP contribution in [0.2, 0.25) is 0 Å². The number of ether oxygens (including phenoxy) is 1. The fraction of sp³-hybridized carbons (Fsp3) is 0.308. The van der Waals surface area contributed by atoms with Crippen molar-refractivity contribution in [3.63, 3.8) is 0 Å². The third-order valence-electron chi connectivity index (χ3n) is 6.31. The number of para-hydroxylation sites is 1. The summed E-state index contributed by atoms with van der Waals surface area (Å²) in [5.74, 6) is 0.675. The maximum absolute atomic E-state index is 13.1. The lowest BCUT2D eigenvalue weighted by atomic mass is 9.92. The number of aromatic nitrogens is 2. The fourth-order valence-electron chi connectivity index (χ4n) is 4.58. The Morgan fingerprint density at radius 2 is 1.83 bits per heavy atom. The highest BCUT2D eigenvalue weighted by atomic mass is 16.5. The van der Waals surface area contributed by atoms with Gasteiger partial charge < -0.3 is 20.3 Å². The third-order valence-corrected chi connectivity index (χ3v) is 6.31. The molecule has 2 atom stereocenters. The zero-order chi connectivity index (χ0) is 24.4. The van der Waals surface area contributed by atoms with Gasteiger partial charge in [0.25, 0.3) is 5.56 Å². The van der Waals surface area contributed by atoms with Gasteiger partial charge in [-0.2, -0.15) is 4.98 Å². The number of amides is 2. The van der Waals surface area contributed by atoms with Crippen molar-refractivity contribution in [3.8, 4) is 11.5 Å². The summed E-state index contributed by atoms with van der Waals surface area (Å²) < 4.78 is 5.78. The maximum atomic E-state index is 13.1. The van der Waals surface area contributed by atoms with Crippen molar-refractivity contribution in [2.45, 2.75) is 32.1 Å². The Balaban J connectivity index is 1.33. The average Bonchev–Trinajstić information content (AvgIpc) is 2.85. The van der Waals surface area contributed by atoms with E-state index in [-0.39, 0.29) is 23.7 Å². The number of hydrogen-bond donors (Lipinski definition) is 3. The van der Waals surface area contributed by atoms with Crippen molar-refractivity contribution in [1.29, 1.82) is 0 Å². The van der Waals surface area contributed by atoms with E-state index in [2.05, 4.69) is 27.5 Å². The number of piperidine rings is 1. The lowest BCUT2D eigenvalue weighted by molar-refractivity contribution is -0.123. The molecule has 2 aliphatic rings. The number of carbonyl (C=O) groups excluding carboxylic acids is 2. The highest BCUT2D eigenvalue weighted by Crippen LogP contribution is 2.31. The minimum atomic E-state index is -0.940. The molecule has 1 aromatic heterocycles. The maximum Gasteiger partial charge on any atom is 0.258 e. The Bertz CT molecular complexity index is 1290. The Morgan fingerprint density at radius 3 is 2.57 bits per heavy atom. The Labute approximate surface area is 202 Å².